The van der Waals surface area contributed by atoms with Crippen LogP contribution in [0.1, 0.15) is 47.6 Å². The molecule has 0 aliphatic heterocycles. The molecule has 0 aromatic heterocycles. The molecule has 3 aromatic carbocycles. The average molecular weight is 464 g/mol. The number of rotatable bonds is 7. The second-order valence-corrected chi connectivity index (χ2v) is 8.68. The predicted octanol–water partition coefficient (Wildman–Crippen LogP) is 6.44. The minimum atomic E-state index is -1.15. The Morgan fingerprint density at radius 3 is 2.18 bits per heavy atom. The standard InChI is InChI=1S/C27H26ClNO4/c1-3-14-29(25(26(30)31)19-13-12-18(28)15-17(19)2)27(32)33-16-24-22-10-6-4-8-20(22)21-9-5-7-11-23(21)24/h4-13,15,24-25H,3,14,16H2,1-2H3,(H,30,31). The summed E-state index contributed by atoms with van der Waals surface area (Å²) in [4.78, 5) is 26.8. The second kappa shape index (κ2) is 9.67. The van der Waals surface area contributed by atoms with Gasteiger partial charge in [0.25, 0.3) is 0 Å². The molecule has 5 nitrogen and oxygen atoms in total. The van der Waals surface area contributed by atoms with Gasteiger partial charge in [0.1, 0.15) is 6.61 Å². The number of carboxylic acid groups (broad SMARTS) is 1. The predicted molar refractivity (Wildman–Crippen MR) is 129 cm³/mol. The lowest BCUT2D eigenvalue weighted by molar-refractivity contribution is -0.143. The Bertz CT molecular complexity index is 1150. The summed E-state index contributed by atoms with van der Waals surface area (Å²) in [5, 5.41) is 10.5. The summed E-state index contributed by atoms with van der Waals surface area (Å²) in [5.74, 6) is -1.20. The topological polar surface area (TPSA) is 66.8 Å². The van der Waals surface area contributed by atoms with Crippen molar-refractivity contribution in [3.8, 4) is 11.1 Å². The first kappa shape index (κ1) is 22.9. The van der Waals surface area contributed by atoms with Crippen molar-refractivity contribution in [3.63, 3.8) is 0 Å². The number of carbonyl (C=O) groups excluding carboxylic acids is 1. The molecule has 0 radical (unpaired) electrons. The lowest BCUT2D eigenvalue weighted by Gasteiger charge is -2.29. The summed E-state index contributed by atoms with van der Waals surface area (Å²) >= 11 is 6.06. The molecule has 1 aliphatic carbocycles. The van der Waals surface area contributed by atoms with Crippen LogP contribution < -0.4 is 0 Å². The van der Waals surface area contributed by atoms with Crippen molar-refractivity contribution >= 4 is 23.7 Å². The first-order valence-corrected chi connectivity index (χ1v) is 11.4. The molecular formula is C27H26ClNO4. The molecule has 6 heteroatoms. The molecule has 1 amide bonds. The molecule has 33 heavy (non-hydrogen) atoms. The van der Waals surface area contributed by atoms with Gasteiger partial charge in [0.05, 0.1) is 0 Å². The zero-order valence-electron chi connectivity index (χ0n) is 18.6. The molecule has 1 atom stereocenters. The maximum Gasteiger partial charge on any atom is 0.410 e. The van der Waals surface area contributed by atoms with Crippen molar-refractivity contribution in [3.05, 3.63) is 94.0 Å². The number of benzene rings is 3. The Balaban J connectivity index is 1.60. The van der Waals surface area contributed by atoms with Gasteiger partial charge in [-0.05, 0) is 58.9 Å². The lowest BCUT2D eigenvalue weighted by Crippen LogP contribution is -2.40. The maximum absolute atomic E-state index is 13.2. The van der Waals surface area contributed by atoms with Gasteiger partial charge in [-0.25, -0.2) is 9.59 Å². The molecule has 1 N–H and O–H groups in total. The molecule has 0 heterocycles. The van der Waals surface area contributed by atoms with E-state index in [1.165, 1.54) is 4.90 Å². The van der Waals surface area contributed by atoms with Gasteiger partial charge in [-0.15, -0.1) is 0 Å². The third kappa shape index (κ3) is 4.46. The highest BCUT2D eigenvalue weighted by Crippen LogP contribution is 2.44. The number of aliphatic carboxylic acids is 1. The van der Waals surface area contributed by atoms with Gasteiger partial charge < -0.3 is 9.84 Å². The molecule has 1 aliphatic rings. The molecule has 0 saturated carbocycles. The largest absolute Gasteiger partial charge is 0.479 e. The molecule has 1 unspecified atom stereocenters. The fourth-order valence-corrected chi connectivity index (χ4v) is 4.85. The first-order chi connectivity index (χ1) is 15.9. The summed E-state index contributed by atoms with van der Waals surface area (Å²) in [6.07, 6.45) is -0.0406. The third-order valence-corrected chi connectivity index (χ3v) is 6.34. The van der Waals surface area contributed by atoms with Crippen LogP contribution in [0.4, 0.5) is 4.79 Å². The average Bonchev–Trinajstić information content (AvgIpc) is 3.12. The Hall–Kier alpha value is -3.31. The Labute approximate surface area is 198 Å². The number of carboxylic acids is 1. The van der Waals surface area contributed by atoms with Crippen molar-refractivity contribution in [2.75, 3.05) is 13.2 Å². The van der Waals surface area contributed by atoms with Crippen molar-refractivity contribution in [2.24, 2.45) is 0 Å². The van der Waals surface area contributed by atoms with Crippen molar-refractivity contribution in [1.82, 2.24) is 4.90 Å². The Morgan fingerprint density at radius 2 is 1.64 bits per heavy atom. The number of amides is 1. The van der Waals surface area contributed by atoms with Crippen LogP contribution in [0.2, 0.25) is 5.02 Å². The molecule has 3 aromatic rings. The van der Waals surface area contributed by atoms with Gasteiger partial charge in [-0.3, -0.25) is 4.90 Å². The van der Waals surface area contributed by atoms with Crippen molar-refractivity contribution in [2.45, 2.75) is 32.2 Å². The minimum absolute atomic E-state index is 0.0922. The summed E-state index contributed by atoms with van der Waals surface area (Å²) in [6, 6.07) is 20.1. The van der Waals surface area contributed by atoms with Gasteiger partial charge in [0.15, 0.2) is 6.04 Å². The molecule has 4 rings (SSSR count). The van der Waals surface area contributed by atoms with Crippen molar-refractivity contribution in [1.29, 1.82) is 0 Å². The van der Waals surface area contributed by atoms with E-state index < -0.39 is 18.1 Å². The van der Waals surface area contributed by atoms with Crippen LogP contribution in [-0.4, -0.2) is 35.2 Å². The van der Waals surface area contributed by atoms with Crippen LogP contribution >= 0.6 is 11.6 Å². The number of ether oxygens (including phenoxy) is 1. The van der Waals surface area contributed by atoms with Gasteiger partial charge in [-0.2, -0.15) is 0 Å². The van der Waals surface area contributed by atoms with E-state index in [0.29, 0.717) is 22.6 Å². The van der Waals surface area contributed by atoms with Crippen molar-refractivity contribution < 1.29 is 19.4 Å². The Morgan fingerprint density at radius 1 is 1.03 bits per heavy atom. The van der Waals surface area contributed by atoms with E-state index in [0.717, 1.165) is 22.3 Å². The minimum Gasteiger partial charge on any atom is -0.479 e. The number of halogens is 1. The summed E-state index contributed by atoms with van der Waals surface area (Å²) in [5.41, 5.74) is 5.73. The molecule has 0 spiro atoms. The number of fused-ring (bicyclic) bond motifs is 3. The number of aryl methyl sites for hydroxylation is 1. The number of carbonyl (C=O) groups is 2. The second-order valence-electron chi connectivity index (χ2n) is 8.24. The van der Waals surface area contributed by atoms with E-state index >= 15 is 0 Å². The van der Waals surface area contributed by atoms with E-state index in [-0.39, 0.29) is 19.1 Å². The molecule has 0 fully saturated rings. The van der Waals surface area contributed by atoms with E-state index in [4.69, 9.17) is 16.3 Å². The van der Waals surface area contributed by atoms with Gasteiger partial charge in [-0.1, -0.05) is 73.1 Å². The van der Waals surface area contributed by atoms with Crippen LogP contribution in [0.3, 0.4) is 0 Å². The van der Waals surface area contributed by atoms with E-state index in [1.54, 1.807) is 25.1 Å². The van der Waals surface area contributed by atoms with E-state index in [1.807, 2.05) is 31.2 Å². The first-order valence-electron chi connectivity index (χ1n) is 11.0. The zero-order valence-corrected chi connectivity index (χ0v) is 19.4. The smallest absolute Gasteiger partial charge is 0.410 e. The molecule has 0 saturated heterocycles. The quantitative estimate of drug-likeness (QED) is 0.438. The highest BCUT2D eigenvalue weighted by atomic mass is 35.5. The summed E-state index contributed by atoms with van der Waals surface area (Å²) < 4.78 is 5.77. The zero-order chi connectivity index (χ0) is 23.5. The Kier molecular flexibility index (Phi) is 6.70. The SMILES string of the molecule is CCCN(C(=O)OCC1c2ccccc2-c2ccccc21)C(C(=O)O)c1ccc(Cl)cc1C. The lowest BCUT2D eigenvalue weighted by atomic mass is 9.98. The van der Waals surface area contributed by atoms with Crippen LogP contribution in [0, 0.1) is 6.92 Å². The monoisotopic (exact) mass is 463 g/mol. The fraction of sp³-hybridized carbons (Fsp3) is 0.259. The number of hydrogen-bond donors (Lipinski definition) is 1. The number of nitrogens with zero attached hydrogens (tertiary/aromatic N) is 1. The third-order valence-electron chi connectivity index (χ3n) is 6.11. The van der Waals surface area contributed by atoms with Crippen LogP contribution in [0.15, 0.2) is 66.7 Å². The van der Waals surface area contributed by atoms with E-state index in [9.17, 15) is 14.7 Å². The van der Waals surface area contributed by atoms with Gasteiger partial charge in [0.2, 0.25) is 0 Å². The van der Waals surface area contributed by atoms with Crippen LogP contribution in [0.5, 0.6) is 0 Å². The highest BCUT2D eigenvalue weighted by Gasteiger charge is 2.35. The van der Waals surface area contributed by atoms with Crippen LogP contribution in [-0.2, 0) is 9.53 Å². The molecular weight excluding hydrogens is 438 g/mol. The van der Waals surface area contributed by atoms with Crippen LogP contribution in [0.25, 0.3) is 11.1 Å². The normalized spacial score (nSPS) is 13.2. The van der Waals surface area contributed by atoms with Gasteiger partial charge in [0, 0.05) is 17.5 Å². The maximum atomic E-state index is 13.2. The number of hydrogen-bond acceptors (Lipinski definition) is 3. The molecule has 0 bridgehead atoms. The van der Waals surface area contributed by atoms with E-state index in [2.05, 4.69) is 24.3 Å². The summed E-state index contributed by atoms with van der Waals surface area (Å²) in [7, 11) is 0. The molecule has 170 valence electrons. The fourth-order valence-electron chi connectivity index (χ4n) is 4.62. The summed E-state index contributed by atoms with van der Waals surface area (Å²) in [6.45, 7) is 4.09. The van der Waals surface area contributed by atoms with Gasteiger partial charge >= 0.3 is 12.1 Å². The highest BCUT2D eigenvalue weighted by molar-refractivity contribution is 6.30.